The van der Waals surface area contributed by atoms with Gasteiger partial charge in [-0.05, 0) is 35.6 Å². The molecule has 1 aliphatic carbocycles. The molecule has 11 heteroatoms. The molecule has 8 nitrogen and oxygen atoms in total. The minimum absolute atomic E-state index is 0.0234. The molecule has 3 heterocycles. The van der Waals surface area contributed by atoms with E-state index in [2.05, 4.69) is 21.6 Å². The number of thioether (sulfide) groups is 1. The van der Waals surface area contributed by atoms with Gasteiger partial charge in [-0.1, -0.05) is 67.3 Å². The van der Waals surface area contributed by atoms with Gasteiger partial charge in [0.05, 0.1) is 5.57 Å². The second-order valence-corrected chi connectivity index (χ2v) is 12.7. The molecule has 1 aromatic heterocycles. The molecule has 0 unspecified atom stereocenters. The van der Waals surface area contributed by atoms with Gasteiger partial charge in [0.1, 0.15) is 23.1 Å². The van der Waals surface area contributed by atoms with Crippen LogP contribution in [0.4, 0.5) is 15.2 Å². The van der Waals surface area contributed by atoms with Crippen LogP contribution in [0.25, 0.3) is 0 Å². The number of anilines is 2. The highest BCUT2D eigenvalue weighted by atomic mass is 32.2. The number of fused-ring (bicyclic) bond motifs is 3. The second kappa shape index (κ2) is 9.03. The number of amides is 1. The number of hydrogen-bond acceptors (Lipinski definition) is 9. The molecule has 0 fully saturated rings. The topological polar surface area (TPSA) is 125 Å². The van der Waals surface area contributed by atoms with Crippen LogP contribution in [-0.4, -0.2) is 21.9 Å². The summed E-state index contributed by atoms with van der Waals surface area (Å²) in [4.78, 5) is 29.2. The number of rotatable bonds is 4. The number of carbonyl (C=O) groups is 2. The summed E-state index contributed by atoms with van der Waals surface area (Å²) >= 11 is 2.80. The molecule has 2 aliphatic heterocycles. The minimum atomic E-state index is -1.84. The molecule has 6 rings (SSSR count). The highest BCUT2D eigenvalue weighted by Crippen LogP contribution is 2.57. The van der Waals surface area contributed by atoms with Crippen LogP contribution < -0.4 is 16.0 Å². The fraction of sp³-hybridized carbons (Fsp3) is 0.250. The molecule has 1 spiro atoms. The van der Waals surface area contributed by atoms with Gasteiger partial charge in [0.25, 0.3) is 0 Å². The maximum absolute atomic E-state index is 14.5. The van der Waals surface area contributed by atoms with Crippen molar-refractivity contribution in [1.29, 1.82) is 5.26 Å². The molecule has 0 bridgehead atoms. The van der Waals surface area contributed by atoms with E-state index < -0.39 is 22.6 Å². The molecule has 0 saturated carbocycles. The van der Waals surface area contributed by atoms with E-state index in [1.165, 1.54) is 41.3 Å². The summed E-state index contributed by atoms with van der Waals surface area (Å²) in [6, 6.07) is 15.9. The van der Waals surface area contributed by atoms with Crippen molar-refractivity contribution in [1.82, 2.24) is 10.2 Å². The summed E-state index contributed by atoms with van der Waals surface area (Å²) in [5.41, 5.74) is 6.57. The van der Waals surface area contributed by atoms with Gasteiger partial charge in [-0.3, -0.25) is 14.5 Å². The molecular formula is C28H23FN6O2S2. The van der Waals surface area contributed by atoms with Crippen LogP contribution >= 0.6 is 23.1 Å². The Bertz CT molecular complexity index is 1660. The monoisotopic (exact) mass is 558 g/mol. The highest BCUT2D eigenvalue weighted by molar-refractivity contribution is 8.00. The number of Topliss-reactive ketones (excluding diaryl/α,β-unsaturated/α-hetero) is 1. The van der Waals surface area contributed by atoms with E-state index in [0.29, 0.717) is 33.0 Å². The van der Waals surface area contributed by atoms with Crippen molar-refractivity contribution in [3.8, 4) is 6.07 Å². The van der Waals surface area contributed by atoms with E-state index in [-0.39, 0.29) is 34.7 Å². The average Bonchev–Trinajstić information content (AvgIpc) is 3.46. The number of hydrogen-bond donors (Lipinski definition) is 2. The van der Waals surface area contributed by atoms with Gasteiger partial charge in [0.2, 0.25) is 11.0 Å². The molecule has 3 aliphatic rings. The maximum atomic E-state index is 14.5. The van der Waals surface area contributed by atoms with E-state index in [4.69, 9.17) is 5.73 Å². The molecule has 1 amide bonds. The number of halogens is 1. The maximum Gasteiger partial charge on any atom is 0.245 e. The molecule has 3 aromatic rings. The lowest BCUT2D eigenvalue weighted by Gasteiger charge is -2.45. The first-order valence-corrected chi connectivity index (χ1v) is 14.0. The van der Waals surface area contributed by atoms with Crippen LogP contribution in [0.2, 0.25) is 0 Å². The zero-order chi connectivity index (χ0) is 27.5. The summed E-state index contributed by atoms with van der Waals surface area (Å²) in [5.74, 6) is -0.807. The van der Waals surface area contributed by atoms with Crippen LogP contribution in [0.5, 0.6) is 0 Å². The Kier molecular flexibility index (Phi) is 5.86. The quantitative estimate of drug-likeness (QED) is 0.428. The summed E-state index contributed by atoms with van der Waals surface area (Å²) in [5, 5.41) is 22.2. The van der Waals surface area contributed by atoms with Crippen molar-refractivity contribution in [3.05, 3.63) is 88.1 Å². The number of nitrogens with two attached hydrogens (primary N) is 1. The lowest BCUT2D eigenvalue weighted by atomic mass is 9.61. The van der Waals surface area contributed by atoms with Crippen LogP contribution in [0.1, 0.15) is 37.8 Å². The first kappa shape index (κ1) is 25.3. The Morgan fingerprint density at radius 1 is 1.18 bits per heavy atom. The Hall–Kier alpha value is -4.01. The van der Waals surface area contributed by atoms with E-state index in [1.54, 1.807) is 4.90 Å². The van der Waals surface area contributed by atoms with Crippen molar-refractivity contribution >= 4 is 45.6 Å². The van der Waals surface area contributed by atoms with Gasteiger partial charge in [-0.2, -0.15) is 5.26 Å². The van der Waals surface area contributed by atoms with Crippen molar-refractivity contribution in [3.63, 3.8) is 0 Å². The molecule has 3 N–H and O–H groups in total. The third-order valence-corrected chi connectivity index (χ3v) is 9.36. The summed E-state index contributed by atoms with van der Waals surface area (Å²) < 4.78 is 15.2. The fourth-order valence-corrected chi connectivity index (χ4v) is 7.52. The minimum Gasteiger partial charge on any atom is -0.384 e. The van der Waals surface area contributed by atoms with E-state index in [0.717, 1.165) is 5.56 Å². The van der Waals surface area contributed by atoms with Crippen LogP contribution in [0, 0.1) is 22.6 Å². The molecule has 0 saturated heterocycles. The first-order valence-electron chi connectivity index (χ1n) is 12.2. The summed E-state index contributed by atoms with van der Waals surface area (Å²) in [7, 11) is 0. The second-order valence-electron chi connectivity index (χ2n) is 10.5. The third-order valence-electron chi connectivity index (χ3n) is 7.25. The Morgan fingerprint density at radius 3 is 2.69 bits per heavy atom. The van der Waals surface area contributed by atoms with Gasteiger partial charge in [0, 0.05) is 34.7 Å². The first-order chi connectivity index (χ1) is 18.7. The van der Waals surface area contributed by atoms with E-state index in [1.807, 2.05) is 44.2 Å². The predicted octanol–water partition coefficient (Wildman–Crippen LogP) is 5.02. The fourth-order valence-electron chi connectivity index (χ4n) is 5.68. The SMILES string of the molecule is CC1(C)CC(=O)C2=C(C1)N(c1nnc(SCc3ccccc3)s1)C(N)=C(C#N)[C@]21C(=O)Nc2ccc(F)cc21. The van der Waals surface area contributed by atoms with E-state index >= 15 is 0 Å². The number of nitrogens with one attached hydrogen (secondary N) is 1. The van der Waals surface area contributed by atoms with Crippen molar-refractivity contribution in [2.24, 2.45) is 11.1 Å². The highest BCUT2D eigenvalue weighted by Gasteiger charge is 2.61. The number of benzene rings is 2. The van der Waals surface area contributed by atoms with Crippen molar-refractivity contribution < 1.29 is 14.0 Å². The van der Waals surface area contributed by atoms with Crippen molar-refractivity contribution in [2.45, 2.75) is 42.2 Å². The molecule has 1 atom stereocenters. The average molecular weight is 559 g/mol. The molecule has 39 heavy (non-hydrogen) atoms. The van der Waals surface area contributed by atoms with Gasteiger partial charge in [-0.15, -0.1) is 10.2 Å². The van der Waals surface area contributed by atoms with Gasteiger partial charge >= 0.3 is 0 Å². The Balaban J connectivity index is 1.52. The zero-order valence-corrected chi connectivity index (χ0v) is 22.8. The van der Waals surface area contributed by atoms with E-state index in [9.17, 15) is 19.2 Å². The van der Waals surface area contributed by atoms with Gasteiger partial charge in [-0.25, -0.2) is 4.39 Å². The number of nitriles is 1. The molecule has 0 radical (unpaired) electrons. The van der Waals surface area contributed by atoms with Crippen molar-refractivity contribution in [2.75, 3.05) is 10.2 Å². The number of aromatic nitrogens is 2. The summed E-state index contributed by atoms with van der Waals surface area (Å²) in [6.07, 6.45) is 0.547. The lowest BCUT2D eigenvalue weighted by molar-refractivity contribution is -0.123. The van der Waals surface area contributed by atoms with Gasteiger partial charge < -0.3 is 11.1 Å². The lowest BCUT2D eigenvalue weighted by Crippen LogP contribution is -2.52. The number of allylic oxidation sites excluding steroid dienone is 1. The smallest absolute Gasteiger partial charge is 0.245 e. The summed E-state index contributed by atoms with van der Waals surface area (Å²) in [6.45, 7) is 3.92. The normalized spacial score (nSPS) is 21.6. The number of nitrogens with zero attached hydrogens (tertiary/aromatic N) is 4. The Morgan fingerprint density at radius 2 is 1.95 bits per heavy atom. The number of carbonyl (C=O) groups excluding carboxylic acids is 2. The molecule has 196 valence electrons. The standard InChI is InChI=1S/C28H23FN6O2S2/c1-27(2)11-20-22(21(36)12-27)28(17-10-16(29)8-9-19(17)32-24(28)37)18(13-30)23(31)35(20)25-33-34-26(39-25)38-14-15-6-4-3-5-7-15/h3-10H,11-12,14,31H2,1-2H3,(H,32,37)/t28-/m0/s1. The van der Waals surface area contributed by atoms with Crippen LogP contribution in [0.3, 0.4) is 0 Å². The zero-order valence-electron chi connectivity index (χ0n) is 21.1. The van der Waals surface area contributed by atoms with Crippen LogP contribution in [-0.2, 0) is 20.8 Å². The molecule has 2 aromatic carbocycles. The predicted molar refractivity (Wildman–Crippen MR) is 147 cm³/mol. The number of ketones is 1. The van der Waals surface area contributed by atoms with Gasteiger partial charge in [0.15, 0.2) is 10.1 Å². The molecular weight excluding hydrogens is 535 g/mol. The largest absolute Gasteiger partial charge is 0.384 e. The third kappa shape index (κ3) is 3.85. The van der Waals surface area contributed by atoms with Crippen LogP contribution in [0.15, 0.2) is 75.5 Å². The Labute approximate surface area is 232 Å².